The highest BCUT2D eigenvalue weighted by atomic mass is 32.2. The summed E-state index contributed by atoms with van der Waals surface area (Å²) in [5.74, 6) is 2.20. The van der Waals surface area contributed by atoms with Crippen LogP contribution in [0.2, 0.25) is 0 Å². The first kappa shape index (κ1) is 14.9. The van der Waals surface area contributed by atoms with Gasteiger partial charge in [0.1, 0.15) is 12.0 Å². The highest BCUT2D eigenvalue weighted by Crippen LogP contribution is 2.29. The predicted octanol–water partition coefficient (Wildman–Crippen LogP) is 2.03. The summed E-state index contributed by atoms with van der Waals surface area (Å²) in [7, 11) is 1.98. The molecule has 18 heavy (non-hydrogen) atoms. The van der Waals surface area contributed by atoms with Crippen LogP contribution in [0.5, 0.6) is 5.88 Å². The second kappa shape index (κ2) is 6.68. The molecule has 2 N–H and O–H groups in total. The molecule has 1 heterocycles. The first-order valence-electron chi connectivity index (χ1n) is 5.96. The van der Waals surface area contributed by atoms with Gasteiger partial charge in [-0.1, -0.05) is 0 Å². The van der Waals surface area contributed by atoms with E-state index >= 15 is 0 Å². The predicted molar refractivity (Wildman–Crippen MR) is 78.5 cm³/mol. The van der Waals surface area contributed by atoms with E-state index in [1.807, 2.05) is 20.9 Å². The minimum absolute atomic E-state index is 0.0453. The number of rotatable bonds is 6. The Hall–Kier alpha value is -1.17. The Bertz CT molecular complexity index is 386. The van der Waals surface area contributed by atoms with E-state index in [0.717, 1.165) is 11.6 Å². The molecule has 1 unspecified atom stereocenters. The number of ether oxygens (including phenoxy) is 1. The molecule has 0 fully saturated rings. The van der Waals surface area contributed by atoms with Crippen LogP contribution in [0.25, 0.3) is 0 Å². The summed E-state index contributed by atoms with van der Waals surface area (Å²) in [6.45, 7) is 6.03. The third-order valence-electron chi connectivity index (χ3n) is 2.58. The van der Waals surface area contributed by atoms with Crippen molar-refractivity contribution in [2.24, 2.45) is 0 Å². The van der Waals surface area contributed by atoms with E-state index in [-0.39, 0.29) is 6.10 Å². The van der Waals surface area contributed by atoms with Crippen molar-refractivity contribution in [3.05, 3.63) is 6.33 Å². The lowest BCUT2D eigenvalue weighted by Crippen LogP contribution is -2.32. The van der Waals surface area contributed by atoms with Crippen molar-refractivity contribution in [2.75, 3.05) is 29.7 Å². The van der Waals surface area contributed by atoms with Crippen molar-refractivity contribution in [1.82, 2.24) is 9.97 Å². The maximum Gasteiger partial charge on any atom is 0.242 e. The zero-order valence-electron chi connectivity index (χ0n) is 11.7. The largest absolute Gasteiger partial charge is 0.473 e. The average Bonchev–Trinajstić information content (AvgIpc) is 2.31. The molecule has 1 aromatic rings. The van der Waals surface area contributed by atoms with Gasteiger partial charge < -0.3 is 15.4 Å². The summed E-state index contributed by atoms with van der Waals surface area (Å²) < 4.78 is 5.57. The van der Waals surface area contributed by atoms with Crippen molar-refractivity contribution in [1.29, 1.82) is 0 Å². The van der Waals surface area contributed by atoms with Crippen molar-refractivity contribution in [2.45, 2.75) is 32.9 Å². The molecule has 0 aliphatic heterocycles. The number of thioether (sulfide) groups is 1. The molecule has 1 atom stereocenters. The molecule has 0 saturated carbocycles. The van der Waals surface area contributed by atoms with Crippen molar-refractivity contribution >= 4 is 23.3 Å². The fourth-order valence-electron chi connectivity index (χ4n) is 1.53. The van der Waals surface area contributed by atoms with Crippen LogP contribution in [-0.4, -0.2) is 41.2 Å². The van der Waals surface area contributed by atoms with Gasteiger partial charge in [-0.2, -0.15) is 16.7 Å². The third-order valence-corrected chi connectivity index (χ3v) is 3.39. The molecule has 0 bridgehead atoms. The molecule has 102 valence electrons. The number of nitrogens with two attached hydrogens (primary N) is 1. The zero-order chi connectivity index (χ0) is 13.7. The minimum atomic E-state index is 0.0453. The molecule has 0 aliphatic rings. The lowest BCUT2D eigenvalue weighted by molar-refractivity contribution is 0.234. The highest BCUT2D eigenvalue weighted by Gasteiger charge is 2.17. The SMILES string of the molecule is CSCC(C)N(C)c1ncnc(OC(C)C)c1N. The molecular weight excluding hydrogens is 248 g/mol. The second-order valence-electron chi connectivity index (χ2n) is 4.50. The van der Waals surface area contributed by atoms with Gasteiger partial charge >= 0.3 is 0 Å². The smallest absolute Gasteiger partial charge is 0.242 e. The van der Waals surface area contributed by atoms with Crippen LogP contribution in [0, 0.1) is 0 Å². The topological polar surface area (TPSA) is 64.3 Å². The van der Waals surface area contributed by atoms with Gasteiger partial charge in [0.15, 0.2) is 5.82 Å². The number of anilines is 2. The van der Waals surface area contributed by atoms with Crippen LogP contribution in [0.15, 0.2) is 6.33 Å². The van der Waals surface area contributed by atoms with Gasteiger partial charge in [-0.3, -0.25) is 0 Å². The Morgan fingerprint density at radius 1 is 1.39 bits per heavy atom. The summed E-state index contributed by atoms with van der Waals surface area (Å²) in [6, 6.07) is 0.351. The molecule has 0 amide bonds. The van der Waals surface area contributed by atoms with Crippen molar-refractivity contribution < 1.29 is 4.74 Å². The molecular formula is C12H22N4OS. The Morgan fingerprint density at radius 3 is 2.61 bits per heavy atom. The standard InChI is InChI=1S/C12H22N4OS/c1-8(2)17-12-10(13)11(14-7-15-12)16(4)9(3)6-18-5/h7-9H,6,13H2,1-5H3. The van der Waals surface area contributed by atoms with Gasteiger partial charge in [0.25, 0.3) is 0 Å². The molecule has 1 rings (SSSR count). The van der Waals surface area contributed by atoms with Gasteiger partial charge in [-0.05, 0) is 27.0 Å². The van der Waals surface area contributed by atoms with E-state index in [2.05, 4.69) is 28.0 Å². The summed E-state index contributed by atoms with van der Waals surface area (Å²) in [5.41, 5.74) is 6.57. The molecule has 1 aromatic heterocycles. The van der Waals surface area contributed by atoms with Gasteiger partial charge in [0.2, 0.25) is 5.88 Å². The van der Waals surface area contributed by atoms with Gasteiger partial charge in [0, 0.05) is 18.8 Å². The third kappa shape index (κ3) is 3.66. The van der Waals surface area contributed by atoms with E-state index in [0.29, 0.717) is 17.6 Å². The van der Waals surface area contributed by atoms with Crippen LogP contribution in [0.1, 0.15) is 20.8 Å². The first-order chi connectivity index (χ1) is 8.47. The van der Waals surface area contributed by atoms with E-state index in [4.69, 9.17) is 10.5 Å². The summed E-state index contributed by atoms with van der Waals surface area (Å²) >= 11 is 1.80. The fourth-order valence-corrected chi connectivity index (χ4v) is 2.24. The number of hydrogen-bond acceptors (Lipinski definition) is 6. The summed E-state index contributed by atoms with van der Waals surface area (Å²) in [4.78, 5) is 10.4. The fraction of sp³-hybridized carbons (Fsp3) is 0.667. The Balaban J connectivity index is 2.95. The normalized spacial score (nSPS) is 12.6. The summed E-state index contributed by atoms with van der Waals surface area (Å²) in [6.07, 6.45) is 3.62. The molecule has 0 saturated heterocycles. The van der Waals surface area contributed by atoms with Gasteiger partial charge in [-0.15, -0.1) is 0 Å². The minimum Gasteiger partial charge on any atom is -0.473 e. The van der Waals surface area contributed by atoms with E-state index in [1.54, 1.807) is 11.8 Å². The molecule has 0 radical (unpaired) electrons. The van der Waals surface area contributed by atoms with Crippen LogP contribution < -0.4 is 15.4 Å². The zero-order valence-corrected chi connectivity index (χ0v) is 12.5. The lowest BCUT2D eigenvalue weighted by Gasteiger charge is -2.26. The molecule has 0 aromatic carbocycles. The maximum atomic E-state index is 6.07. The van der Waals surface area contributed by atoms with Gasteiger partial charge in [0.05, 0.1) is 6.10 Å². The van der Waals surface area contributed by atoms with E-state index in [1.165, 1.54) is 6.33 Å². The Labute approximate surface area is 113 Å². The summed E-state index contributed by atoms with van der Waals surface area (Å²) in [5, 5.41) is 0. The monoisotopic (exact) mass is 270 g/mol. The van der Waals surface area contributed by atoms with E-state index in [9.17, 15) is 0 Å². The molecule has 5 nitrogen and oxygen atoms in total. The number of aromatic nitrogens is 2. The lowest BCUT2D eigenvalue weighted by atomic mass is 10.3. The second-order valence-corrected chi connectivity index (χ2v) is 5.41. The van der Waals surface area contributed by atoms with Crippen LogP contribution in [-0.2, 0) is 0 Å². The number of nitrogens with zero attached hydrogens (tertiary/aromatic N) is 3. The molecule has 0 aliphatic carbocycles. The van der Waals surface area contributed by atoms with Crippen molar-refractivity contribution in [3.63, 3.8) is 0 Å². The number of nitrogen functional groups attached to an aromatic ring is 1. The number of hydrogen-bond donors (Lipinski definition) is 1. The first-order valence-corrected chi connectivity index (χ1v) is 7.35. The Kier molecular flexibility index (Phi) is 5.53. The Morgan fingerprint density at radius 2 is 2.06 bits per heavy atom. The quantitative estimate of drug-likeness (QED) is 0.853. The maximum absolute atomic E-state index is 6.07. The van der Waals surface area contributed by atoms with Crippen LogP contribution in [0.3, 0.4) is 0 Å². The van der Waals surface area contributed by atoms with Crippen LogP contribution in [0.4, 0.5) is 11.5 Å². The average molecular weight is 270 g/mol. The highest BCUT2D eigenvalue weighted by molar-refractivity contribution is 7.98. The molecule has 6 heteroatoms. The van der Waals surface area contributed by atoms with Crippen molar-refractivity contribution in [3.8, 4) is 5.88 Å². The van der Waals surface area contributed by atoms with Crippen LogP contribution >= 0.6 is 11.8 Å². The molecule has 0 spiro atoms. The van der Waals surface area contributed by atoms with Gasteiger partial charge in [-0.25, -0.2) is 4.98 Å². The van der Waals surface area contributed by atoms with E-state index < -0.39 is 0 Å².